The smallest absolute Gasteiger partial charge is 0.254 e. The molecule has 1 atom stereocenters. The van der Waals surface area contributed by atoms with Gasteiger partial charge < -0.3 is 24.0 Å². The minimum absolute atomic E-state index is 0.0159. The summed E-state index contributed by atoms with van der Waals surface area (Å²) in [5.41, 5.74) is 1.77. The first-order valence-electron chi connectivity index (χ1n) is 10.4. The van der Waals surface area contributed by atoms with Crippen LogP contribution in [-0.4, -0.2) is 56.7 Å². The van der Waals surface area contributed by atoms with Gasteiger partial charge in [-0.15, -0.1) is 0 Å². The number of benzene rings is 2. The average molecular weight is 406 g/mol. The number of hydrogen-bond donors (Lipinski definition) is 0. The van der Waals surface area contributed by atoms with Gasteiger partial charge in [-0.1, -0.05) is 6.07 Å². The van der Waals surface area contributed by atoms with Crippen LogP contribution in [0.5, 0.6) is 17.2 Å². The number of amides is 2. The van der Waals surface area contributed by atoms with Gasteiger partial charge in [-0.3, -0.25) is 9.59 Å². The molecule has 4 heterocycles. The zero-order valence-electron chi connectivity index (χ0n) is 16.8. The Balaban J connectivity index is 1.57. The Labute approximate surface area is 174 Å². The van der Waals surface area contributed by atoms with Crippen LogP contribution in [0.2, 0.25) is 0 Å². The summed E-state index contributed by atoms with van der Waals surface area (Å²) < 4.78 is 17.5. The molecule has 2 aromatic carbocycles. The predicted octanol–water partition coefficient (Wildman–Crippen LogP) is 2.35. The fourth-order valence-corrected chi connectivity index (χ4v) is 5.21. The molecule has 2 aromatic rings. The molecular formula is C23H22N2O5. The van der Waals surface area contributed by atoms with E-state index in [2.05, 4.69) is 0 Å². The van der Waals surface area contributed by atoms with Crippen molar-refractivity contribution in [3.05, 3.63) is 47.0 Å². The number of carbonyl (C=O) groups excluding carboxylic acids is 2. The molecule has 7 nitrogen and oxygen atoms in total. The number of likely N-dealkylation sites (tertiary alicyclic amines) is 1. The lowest BCUT2D eigenvalue weighted by atomic mass is 9.75. The molecule has 1 fully saturated rings. The van der Waals surface area contributed by atoms with Gasteiger partial charge >= 0.3 is 0 Å². The van der Waals surface area contributed by atoms with Crippen LogP contribution in [0.1, 0.15) is 34.3 Å². The minimum atomic E-state index is -1.05. The van der Waals surface area contributed by atoms with E-state index in [0.717, 1.165) is 42.7 Å². The van der Waals surface area contributed by atoms with Gasteiger partial charge in [0, 0.05) is 48.6 Å². The quantitative estimate of drug-likeness (QED) is 0.727. The molecule has 0 aliphatic carbocycles. The Morgan fingerprint density at radius 1 is 1.00 bits per heavy atom. The second-order valence-corrected chi connectivity index (χ2v) is 8.25. The predicted molar refractivity (Wildman–Crippen MR) is 109 cm³/mol. The highest BCUT2D eigenvalue weighted by Crippen LogP contribution is 2.55. The number of carbonyl (C=O) groups is 2. The lowest BCUT2D eigenvalue weighted by molar-refractivity contribution is -0.121. The molecule has 0 saturated carbocycles. The van der Waals surface area contributed by atoms with Crippen molar-refractivity contribution >= 4 is 17.5 Å². The molecule has 7 heteroatoms. The van der Waals surface area contributed by atoms with Gasteiger partial charge in [0.1, 0.15) is 31.0 Å². The molecular weight excluding hydrogens is 384 g/mol. The Hall–Kier alpha value is -3.22. The molecule has 1 unspecified atom stereocenters. The highest BCUT2D eigenvalue weighted by Gasteiger charge is 2.58. The number of fused-ring (bicyclic) bond motifs is 5. The molecule has 6 rings (SSSR count). The molecule has 4 aliphatic heterocycles. The fourth-order valence-electron chi connectivity index (χ4n) is 5.21. The molecule has 0 N–H and O–H groups in total. The number of likely N-dealkylation sites (N-methyl/N-ethyl adjacent to an activating group) is 1. The van der Waals surface area contributed by atoms with E-state index >= 15 is 0 Å². The summed E-state index contributed by atoms with van der Waals surface area (Å²) in [6.07, 6.45) is 2.03. The SMILES string of the molecule is CN1C(=O)C2(COc3cc4c(cc32)OCCO4)c2c(C(=O)N3CCCC3)cccc21. The third kappa shape index (κ3) is 2.15. The van der Waals surface area contributed by atoms with E-state index < -0.39 is 5.41 Å². The van der Waals surface area contributed by atoms with Crippen LogP contribution in [0.4, 0.5) is 5.69 Å². The first-order chi connectivity index (χ1) is 14.6. The van der Waals surface area contributed by atoms with E-state index in [9.17, 15) is 9.59 Å². The van der Waals surface area contributed by atoms with Crippen molar-refractivity contribution in [3.63, 3.8) is 0 Å². The summed E-state index contributed by atoms with van der Waals surface area (Å²) >= 11 is 0. The molecule has 1 saturated heterocycles. The van der Waals surface area contributed by atoms with Crippen molar-refractivity contribution in [1.29, 1.82) is 0 Å². The van der Waals surface area contributed by atoms with E-state index in [-0.39, 0.29) is 18.4 Å². The van der Waals surface area contributed by atoms with E-state index in [0.29, 0.717) is 36.0 Å². The van der Waals surface area contributed by atoms with E-state index in [1.807, 2.05) is 29.2 Å². The van der Waals surface area contributed by atoms with Crippen molar-refractivity contribution in [3.8, 4) is 17.2 Å². The number of ether oxygens (including phenoxy) is 3. The molecule has 1 spiro atoms. The first kappa shape index (κ1) is 17.6. The molecule has 2 amide bonds. The number of hydrogen-bond acceptors (Lipinski definition) is 5. The van der Waals surface area contributed by atoms with Crippen LogP contribution in [0.15, 0.2) is 30.3 Å². The lowest BCUT2D eigenvalue weighted by Gasteiger charge is -2.26. The van der Waals surface area contributed by atoms with Crippen LogP contribution in [0.3, 0.4) is 0 Å². The molecule has 154 valence electrons. The van der Waals surface area contributed by atoms with E-state index in [4.69, 9.17) is 14.2 Å². The number of rotatable bonds is 1. The summed E-state index contributed by atoms with van der Waals surface area (Å²) in [6, 6.07) is 9.25. The molecule has 30 heavy (non-hydrogen) atoms. The van der Waals surface area contributed by atoms with Gasteiger partial charge in [0.25, 0.3) is 5.91 Å². The van der Waals surface area contributed by atoms with Gasteiger partial charge in [0.05, 0.1) is 0 Å². The van der Waals surface area contributed by atoms with Gasteiger partial charge in [0.2, 0.25) is 5.91 Å². The lowest BCUT2D eigenvalue weighted by Crippen LogP contribution is -2.42. The first-order valence-corrected chi connectivity index (χ1v) is 10.4. The highest BCUT2D eigenvalue weighted by atomic mass is 16.6. The van der Waals surface area contributed by atoms with Crippen molar-refractivity contribution in [1.82, 2.24) is 4.90 Å². The minimum Gasteiger partial charge on any atom is -0.491 e. The van der Waals surface area contributed by atoms with Gasteiger partial charge in [-0.2, -0.15) is 0 Å². The standard InChI is InChI=1S/C23H22N2O5/c1-24-16-6-4-5-14(21(26)25-7-2-3-8-25)20(16)23(22(24)27)13-30-17-12-19-18(11-15(17)23)28-9-10-29-19/h4-6,11-12H,2-3,7-10,13H2,1H3. The van der Waals surface area contributed by atoms with Crippen molar-refractivity contribution in [2.24, 2.45) is 0 Å². The van der Waals surface area contributed by atoms with Gasteiger partial charge in [-0.05, 0) is 31.0 Å². The zero-order valence-corrected chi connectivity index (χ0v) is 16.8. The second-order valence-electron chi connectivity index (χ2n) is 8.25. The third-order valence-corrected chi connectivity index (χ3v) is 6.67. The molecule has 4 aliphatic rings. The molecule has 0 bridgehead atoms. The van der Waals surface area contributed by atoms with Crippen molar-refractivity contribution in [2.45, 2.75) is 18.3 Å². The molecule has 0 radical (unpaired) electrons. The van der Waals surface area contributed by atoms with Gasteiger partial charge in [0.15, 0.2) is 11.5 Å². The van der Waals surface area contributed by atoms with E-state index in [1.165, 1.54) is 0 Å². The van der Waals surface area contributed by atoms with Crippen LogP contribution >= 0.6 is 0 Å². The van der Waals surface area contributed by atoms with Crippen LogP contribution < -0.4 is 19.1 Å². The Morgan fingerprint density at radius 3 is 2.50 bits per heavy atom. The Bertz CT molecular complexity index is 1090. The van der Waals surface area contributed by atoms with Crippen molar-refractivity contribution < 1.29 is 23.8 Å². The monoisotopic (exact) mass is 406 g/mol. The number of nitrogens with zero attached hydrogens (tertiary/aromatic N) is 2. The topological polar surface area (TPSA) is 68.3 Å². The normalized spacial score (nSPS) is 23.6. The largest absolute Gasteiger partial charge is 0.491 e. The van der Waals surface area contributed by atoms with Gasteiger partial charge in [-0.25, -0.2) is 0 Å². The maximum Gasteiger partial charge on any atom is 0.254 e. The maximum absolute atomic E-state index is 13.7. The second kappa shape index (κ2) is 6.14. The highest BCUT2D eigenvalue weighted by molar-refractivity contribution is 6.14. The molecule has 0 aromatic heterocycles. The zero-order chi connectivity index (χ0) is 20.5. The summed E-state index contributed by atoms with van der Waals surface area (Å²) in [5.74, 6) is 1.74. The van der Waals surface area contributed by atoms with Crippen LogP contribution in [0, 0.1) is 0 Å². The summed E-state index contributed by atoms with van der Waals surface area (Å²) in [5, 5.41) is 0. The van der Waals surface area contributed by atoms with Crippen LogP contribution in [-0.2, 0) is 10.2 Å². The Kier molecular flexibility index (Phi) is 3.61. The average Bonchev–Trinajstić information content (AvgIpc) is 3.48. The third-order valence-electron chi connectivity index (χ3n) is 6.67. The van der Waals surface area contributed by atoms with E-state index in [1.54, 1.807) is 18.0 Å². The Morgan fingerprint density at radius 2 is 1.73 bits per heavy atom. The maximum atomic E-state index is 13.7. The summed E-state index contributed by atoms with van der Waals surface area (Å²) in [7, 11) is 1.76. The van der Waals surface area contributed by atoms with Crippen molar-refractivity contribution in [2.75, 3.05) is 44.9 Å². The summed E-state index contributed by atoms with van der Waals surface area (Å²) in [6.45, 7) is 2.61. The fraction of sp³-hybridized carbons (Fsp3) is 0.391. The summed E-state index contributed by atoms with van der Waals surface area (Å²) in [4.78, 5) is 30.6. The number of anilines is 1. The van der Waals surface area contributed by atoms with Crippen LogP contribution in [0.25, 0.3) is 0 Å².